The SMILES string of the molecule is CCN(C=O)c1cnc(N(CC)CC)nc1NC(CCc1ccc(OC(=O)N2CCCC2)cc1)C(=O)O.CN(C)Cc1ccccc1. The summed E-state index contributed by atoms with van der Waals surface area (Å²) in [4.78, 5) is 52.1. The molecule has 0 aliphatic carbocycles. The fraction of sp³-hybridized carbons (Fsp3) is 0.457. The molecule has 254 valence electrons. The normalized spacial score (nSPS) is 12.9. The van der Waals surface area contributed by atoms with E-state index in [0.29, 0.717) is 68.8 Å². The Hall–Kier alpha value is -4.71. The Morgan fingerprint density at radius 3 is 2.19 bits per heavy atom. The number of likely N-dealkylation sites (tertiary alicyclic amines) is 1. The van der Waals surface area contributed by atoms with E-state index in [4.69, 9.17) is 4.74 Å². The van der Waals surface area contributed by atoms with Gasteiger partial charge in [-0.2, -0.15) is 4.98 Å². The van der Waals surface area contributed by atoms with Crippen molar-refractivity contribution in [2.45, 2.75) is 59.0 Å². The van der Waals surface area contributed by atoms with E-state index in [0.717, 1.165) is 24.9 Å². The van der Waals surface area contributed by atoms with E-state index in [1.807, 2.05) is 43.9 Å². The molecule has 2 heterocycles. The zero-order valence-electron chi connectivity index (χ0n) is 28.3. The van der Waals surface area contributed by atoms with Crippen molar-refractivity contribution in [3.8, 4) is 5.75 Å². The minimum atomic E-state index is -1.03. The average molecular weight is 648 g/mol. The number of ether oxygens (including phenoxy) is 1. The van der Waals surface area contributed by atoms with Crippen molar-refractivity contribution >= 4 is 35.9 Å². The summed E-state index contributed by atoms with van der Waals surface area (Å²) in [5.41, 5.74) is 2.69. The molecule has 4 rings (SSSR count). The third kappa shape index (κ3) is 11.5. The maximum Gasteiger partial charge on any atom is 0.415 e. The quantitative estimate of drug-likeness (QED) is 0.214. The van der Waals surface area contributed by atoms with Crippen LogP contribution in [0, 0.1) is 0 Å². The van der Waals surface area contributed by atoms with Crippen molar-refractivity contribution in [3.05, 3.63) is 71.9 Å². The Kier molecular flexibility index (Phi) is 14.9. The zero-order valence-corrected chi connectivity index (χ0v) is 28.3. The van der Waals surface area contributed by atoms with Gasteiger partial charge in [0.15, 0.2) is 5.82 Å². The molecule has 1 atom stereocenters. The monoisotopic (exact) mass is 647 g/mol. The van der Waals surface area contributed by atoms with Crippen LogP contribution >= 0.6 is 0 Å². The first kappa shape index (κ1) is 36.8. The highest BCUT2D eigenvalue weighted by Gasteiger charge is 2.23. The lowest BCUT2D eigenvalue weighted by Gasteiger charge is -2.24. The topological polar surface area (TPSA) is 131 Å². The van der Waals surface area contributed by atoms with E-state index in [1.165, 1.54) is 10.5 Å². The van der Waals surface area contributed by atoms with Crippen LogP contribution in [0.2, 0.25) is 0 Å². The van der Waals surface area contributed by atoms with Gasteiger partial charge in [0.05, 0.1) is 6.20 Å². The van der Waals surface area contributed by atoms with Gasteiger partial charge in [-0.05, 0) is 83.8 Å². The molecule has 2 amide bonds. The maximum atomic E-state index is 12.2. The molecule has 12 heteroatoms. The highest BCUT2D eigenvalue weighted by atomic mass is 16.6. The van der Waals surface area contributed by atoms with E-state index >= 15 is 0 Å². The van der Waals surface area contributed by atoms with E-state index in [1.54, 1.807) is 23.2 Å². The minimum Gasteiger partial charge on any atom is -0.480 e. The maximum absolute atomic E-state index is 12.2. The molecule has 0 saturated carbocycles. The van der Waals surface area contributed by atoms with Gasteiger partial charge in [-0.1, -0.05) is 42.5 Å². The van der Waals surface area contributed by atoms with Gasteiger partial charge in [0.25, 0.3) is 0 Å². The van der Waals surface area contributed by atoms with Crippen LogP contribution in [0.5, 0.6) is 5.75 Å². The highest BCUT2D eigenvalue weighted by Crippen LogP contribution is 2.26. The first-order chi connectivity index (χ1) is 22.7. The summed E-state index contributed by atoms with van der Waals surface area (Å²) in [7, 11) is 4.15. The number of anilines is 3. The fourth-order valence-electron chi connectivity index (χ4n) is 5.11. The number of hydrogen-bond acceptors (Lipinski definition) is 9. The van der Waals surface area contributed by atoms with Crippen molar-refractivity contribution < 1.29 is 24.2 Å². The molecule has 1 fully saturated rings. The molecule has 1 aliphatic rings. The van der Waals surface area contributed by atoms with Gasteiger partial charge in [0.2, 0.25) is 12.4 Å². The number of benzene rings is 2. The standard InChI is InChI=1S/C26H36N6O5.C9H13N/c1-4-30(5-2)25-27-17-22(31(6-3)18-33)23(29-25)28-21(24(34)35)14-11-19-9-12-20(13-10-19)37-26(36)32-15-7-8-16-32;1-10(2)8-9-6-4-3-5-7-9/h9-10,12-13,17-18,21H,4-8,11,14-16H2,1-3H3,(H,34,35)(H,27,28,29);3-7H,8H2,1-2H3. The number of carbonyl (C=O) groups excluding carboxylic acids is 2. The molecule has 3 aromatic rings. The van der Waals surface area contributed by atoms with Gasteiger partial charge in [0, 0.05) is 39.3 Å². The molecule has 1 saturated heterocycles. The molecular weight excluding hydrogens is 598 g/mol. The van der Waals surface area contributed by atoms with Gasteiger partial charge in [-0.25, -0.2) is 14.6 Å². The Morgan fingerprint density at radius 1 is 0.979 bits per heavy atom. The number of hydrogen-bond donors (Lipinski definition) is 2. The number of aliphatic carboxylic acids is 1. The molecule has 0 bridgehead atoms. The van der Waals surface area contributed by atoms with Crippen LogP contribution in [-0.4, -0.2) is 96.2 Å². The first-order valence-electron chi connectivity index (χ1n) is 16.3. The van der Waals surface area contributed by atoms with E-state index in [9.17, 15) is 19.5 Å². The number of aromatic nitrogens is 2. The van der Waals surface area contributed by atoms with Crippen LogP contribution in [-0.2, 0) is 22.6 Å². The summed E-state index contributed by atoms with van der Waals surface area (Å²) >= 11 is 0. The molecule has 0 radical (unpaired) electrons. The lowest BCUT2D eigenvalue weighted by Crippen LogP contribution is -2.33. The molecule has 1 aromatic heterocycles. The summed E-state index contributed by atoms with van der Waals surface area (Å²) in [6, 6.07) is 16.6. The van der Waals surface area contributed by atoms with Crippen molar-refractivity contribution in [2.75, 3.05) is 61.9 Å². The van der Waals surface area contributed by atoms with E-state index < -0.39 is 12.0 Å². The van der Waals surface area contributed by atoms with Gasteiger partial charge in [-0.15, -0.1) is 0 Å². The second-order valence-corrected chi connectivity index (χ2v) is 11.5. The number of carboxylic acids is 1. The number of carbonyl (C=O) groups is 3. The van der Waals surface area contributed by atoms with Crippen LogP contribution < -0.4 is 19.9 Å². The smallest absolute Gasteiger partial charge is 0.415 e. The van der Waals surface area contributed by atoms with E-state index in [2.05, 4.69) is 58.5 Å². The second kappa shape index (κ2) is 19.1. The number of amides is 2. The summed E-state index contributed by atoms with van der Waals surface area (Å²) in [5, 5.41) is 12.9. The van der Waals surface area contributed by atoms with E-state index in [-0.39, 0.29) is 12.5 Å². The lowest BCUT2D eigenvalue weighted by molar-refractivity contribution is -0.138. The Morgan fingerprint density at radius 2 is 1.64 bits per heavy atom. The molecule has 1 unspecified atom stereocenters. The minimum absolute atomic E-state index is 0.277. The molecule has 12 nitrogen and oxygen atoms in total. The average Bonchev–Trinajstić information content (AvgIpc) is 3.62. The molecule has 1 aliphatic heterocycles. The van der Waals surface area contributed by atoms with Crippen LogP contribution in [0.15, 0.2) is 60.8 Å². The summed E-state index contributed by atoms with van der Waals surface area (Å²) in [5.74, 6) is 0.180. The number of carboxylic acid groups (broad SMARTS) is 1. The Labute approximate surface area is 278 Å². The van der Waals surface area contributed by atoms with Crippen molar-refractivity contribution in [3.63, 3.8) is 0 Å². The molecule has 2 aromatic carbocycles. The predicted octanol–water partition coefficient (Wildman–Crippen LogP) is 5.15. The Bertz CT molecular complexity index is 1400. The third-order valence-corrected chi connectivity index (χ3v) is 7.75. The van der Waals surface area contributed by atoms with Crippen LogP contribution in [0.4, 0.5) is 22.2 Å². The second-order valence-electron chi connectivity index (χ2n) is 11.5. The summed E-state index contributed by atoms with van der Waals surface area (Å²) in [6.45, 7) is 10.0. The molecule has 2 N–H and O–H groups in total. The van der Waals surface area contributed by atoms with Gasteiger partial charge >= 0.3 is 12.1 Å². The Balaban J connectivity index is 0.000000511. The first-order valence-corrected chi connectivity index (χ1v) is 16.3. The zero-order chi connectivity index (χ0) is 34.2. The lowest BCUT2D eigenvalue weighted by atomic mass is 10.0. The van der Waals surface area contributed by atoms with Crippen LogP contribution in [0.1, 0.15) is 51.2 Å². The highest BCUT2D eigenvalue weighted by molar-refractivity contribution is 5.84. The van der Waals surface area contributed by atoms with Gasteiger partial charge < -0.3 is 34.8 Å². The third-order valence-electron chi connectivity index (χ3n) is 7.75. The molecule has 47 heavy (non-hydrogen) atoms. The predicted molar refractivity (Wildman–Crippen MR) is 185 cm³/mol. The van der Waals surface area contributed by atoms with Crippen molar-refractivity contribution in [1.29, 1.82) is 0 Å². The largest absolute Gasteiger partial charge is 0.480 e. The molecule has 0 spiro atoms. The summed E-state index contributed by atoms with van der Waals surface area (Å²) < 4.78 is 5.43. The van der Waals surface area contributed by atoms with Crippen molar-refractivity contribution in [2.24, 2.45) is 0 Å². The van der Waals surface area contributed by atoms with Crippen molar-refractivity contribution in [1.82, 2.24) is 19.8 Å². The van der Waals surface area contributed by atoms with Gasteiger partial charge in [0.1, 0.15) is 17.5 Å². The number of nitrogens with zero attached hydrogens (tertiary/aromatic N) is 6. The number of nitrogens with one attached hydrogen (secondary N) is 1. The van der Waals surface area contributed by atoms with Crippen LogP contribution in [0.25, 0.3) is 0 Å². The molecular formula is C35H49N7O5. The number of aryl methyl sites for hydroxylation is 1. The summed E-state index contributed by atoms with van der Waals surface area (Å²) in [6.07, 6.45) is 4.61. The van der Waals surface area contributed by atoms with Crippen LogP contribution in [0.3, 0.4) is 0 Å². The fourth-order valence-corrected chi connectivity index (χ4v) is 5.11. The number of rotatable bonds is 15. The van der Waals surface area contributed by atoms with Gasteiger partial charge in [-0.3, -0.25) is 4.79 Å².